The van der Waals surface area contributed by atoms with Gasteiger partial charge in [0.15, 0.2) is 0 Å². The first-order valence-electron chi connectivity index (χ1n) is 5.46. The number of carboxylic acid groups (broad SMARTS) is 1. The number of aliphatic carboxylic acids is 1. The summed E-state index contributed by atoms with van der Waals surface area (Å²) in [5, 5.41) is 16.7. The van der Waals surface area contributed by atoms with Gasteiger partial charge in [-0.15, -0.1) is 0 Å². The van der Waals surface area contributed by atoms with Crippen LogP contribution in [-0.2, 0) is 16.1 Å². The van der Waals surface area contributed by atoms with E-state index in [0.29, 0.717) is 19.2 Å². The lowest BCUT2D eigenvalue weighted by atomic mass is 10.4. The number of imide groups is 1. The van der Waals surface area contributed by atoms with Gasteiger partial charge in [-0.2, -0.15) is 5.10 Å². The van der Waals surface area contributed by atoms with Gasteiger partial charge in [0.1, 0.15) is 0 Å². The lowest BCUT2D eigenvalue weighted by Gasteiger charge is -2.05. The van der Waals surface area contributed by atoms with Crippen LogP contribution in [0, 0.1) is 6.92 Å². The fourth-order valence-electron chi connectivity index (χ4n) is 1.22. The number of urea groups is 1. The van der Waals surface area contributed by atoms with Gasteiger partial charge in [0.2, 0.25) is 0 Å². The van der Waals surface area contributed by atoms with Crippen LogP contribution in [0.25, 0.3) is 0 Å². The van der Waals surface area contributed by atoms with Crippen molar-refractivity contribution < 1.29 is 19.5 Å². The first-order valence-corrected chi connectivity index (χ1v) is 5.46. The summed E-state index contributed by atoms with van der Waals surface area (Å²) >= 11 is 0. The van der Waals surface area contributed by atoms with Crippen molar-refractivity contribution in [2.24, 2.45) is 0 Å². The SMILES string of the molecule is Cc1cnn(CCNC(=O)NC(=O)/C=C/C(=O)O)c1. The normalized spacial score (nSPS) is 10.4. The molecule has 1 rings (SSSR count). The summed E-state index contributed by atoms with van der Waals surface area (Å²) < 4.78 is 1.65. The van der Waals surface area contributed by atoms with Gasteiger partial charge in [0, 0.05) is 24.9 Å². The highest BCUT2D eigenvalue weighted by molar-refractivity contribution is 6.02. The zero-order valence-electron chi connectivity index (χ0n) is 10.3. The molecule has 0 spiro atoms. The van der Waals surface area contributed by atoms with Gasteiger partial charge in [-0.1, -0.05) is 0 Å². The number of rotatable bonds is 5. The zero-order valence-corrected chi connectivity index (χ0v) is 10.3. The van der Waals surface area contributed by atoms with Gasteiger partial charge in [0.05, 0.1) is 12.7 Å². The van der Waals surface area contributed by atoms with Crippen molar-refractivity contribution in [1.29, 1.82) is 0 Å². The Morgan fingerprint density at radius 3 is 2.74 bits per heavy atom. The summed E-state index contributed by atoms with van der Waals surface area (Å²) in [6.45, 7) is 2.67. The van der Waals surface area contributed by atoms with Crippen LogP contribution in [-0.4, -0.2) is 39.3 Å². The standard InChI is InChI=1S/C11H14N4O4/c1-8-6-13-15(7-8)5-4-12-11(19)14-9(16)2-3-10(17)18/h2-3,6-7H,4-5H2,1H3,(H,17,18)(H2,12,14,16,19)/b3-2+. The Hall–Kier alpha value is -2.64. The summed E-state index contributed by atoms with van der Waals surface area (Å²) in [7, 11) is 0. The summed E-state index contributed by atoms with van der Waals surface area (Å²) in [6.07, 6.45) is 4.93. The number of aromatic nitrogens is 2. The van der Waals surface area contributed by atoms with Gasteiger partial charge in [-0.05, 0) is 12.5 Å². The molecule has 3 N–H and O–H groups in total. The molecule has 0 bridgehead atoms. The molecule has 1 aromatic heterocycles. The molecule has 0 unspecified atom stereocenters. The second kappa shape index (κ2) is 6.94. The van der Waals surface area contributed by atoms with Crippen molar-refractivity contribution in [3.05, 3.63) is 30.1 Å². The van der Waals surface area contributed by atoms with Crippen molar-refractivity contribution in [2.45, 2.75) is 13.5 Å². The van der Waals surface area contributed by atoms with E-state index in [1.54, 1.807) is 10.9 Å². The summed E-state index contributed by atoms with van der Waals surface area (Å²) in [5.74, 6) is -2.06. The molecule has 8 nitrogen and oxygen atoms in total. The maximum absolute atomic E-state index is 11.2. The predicted molar refractivity (Wildman–Crippen MR) is 65.3 cm³/mol. The van der Waals surface area contributed by atoms with Crippen LogP contribution in [0.3, 0.4) is 0 Å². The quantitative estimate of drug-likeness (QED) is 0.631. The highest BCUT2D eigenvalue weighted by atomic mass is 16.4. The third-order valence-electron chi connectivity index (χ3n) is 2.00. The average molecular weight is 266 g/mol. The van der Waals surface area contributed by atoms with Crippen LogP contribution in [0.2, 0.25) is 0 Å². The Morgan fingerprint density at radius 2 is 2.16 bits per heavy atom. The van der Waals surface area contributed by atoms with Crippen LogP contribution < -0.4 is 10.6 Å². The Bertz CT molecular complexity index is 507. The molecule has 8 heteroatoms. The van der Waals surface area contributed by atoms with E-state index in [1.165, 1.54) is 0 Å². The lowest BCUT2D eigenvalue weighted by molar-refractivity contribution is -0.131. The number of carbonyl (C=O) groups excluding carboxylic acids is 2. The molecule has 3 amide bonds. The topological polar surface area (TPSA) is 113 Å². The van der Waals surface area contributed by atoms with E-state index in [0.717, 1.165) is 11.6 Å². The number of amides is 3. The molecule has 0 atom stereocenters. The third-order valence-corrected chi connectivity index (χ3v) is 2.00. The number of nitrogens with one attached hydrogen (secondary N) is 2. The number of nitrogens with zero attached hydrogens (tertiary/aromatic N) is 2. The molecule has 0 saturated carbocycles. The molecule has 0 saturated heterocycles. The first-order chi connectivity index (χ1) is 8.97. The van der Waals surface area contributed by atoms with Crippen molar-refractivity contribution in [2.75, 3.05) is 6.54 Å². The monoisotopic (exact) mass is 266 g/mol. The molecule has 0 radical (unpaired) electrons. The van der Waals surface area contributed by atoms with E-state index in [-0.39, 0.29) is 0 Å². The van der Waals surface area contributed by atoms with Gasteiger partial charge >= 0.3 is 12.0 Å². The maximum Gasteiger partial charge on any atom is 0.328 e. The highest BCUT2D eigenvalue weighted by Crippen LogP contribution is 1.92. The second-order valence-electron chi connectivity index (χ2n) is 3.70. The molecule has 19 heavy (non-hydrogen) atoms. The van der Waals surface area contributed by atoms with E-state index in [2.05, 4.69) is 10.4 Å². The van der Waals surface area contributed by atoms with Gasteiger partial charge in [0.25, 0.3) is 5.91 Å². The van der Waals surface area contributed by atoms with Crippen molar-refractivity contribution in [3.63, 3.8) is 0 Å². The molecule has 0 fully saturated rings. The number of hydrogen-bond acceptors (Lipinski definition) is 4. The van der Waals surface area contributed by atoms with E-state index in [1.807, 2.05) is 18.4 Å². The number of aryl methyl sites for hydroxylation is 1. The Balaban J connectivity index is 2.24. The molecule has 1 heterocycles. The summed E-state index contributed by atoms with van der Waals surface area (Å²) in [4.78, 5) is 32.4. The minimum Gasteiger partial charge on any atom is -0.478 e. The molecule has 0 aliphatic heterocycles. The van der Waals surface area contributed by atoms with Crippen molar-refractivity contribution >= 4 is 17.9 Å². The van der Waals surface area contributed by atoms with Crippen molar-refractivity contribution in [3.8, 4) is 0 Å². The zero-order chi connectivity index (χ0) is 14.3. The van der Waals surface area contributed by atoms with E-state index in [9.17, 15) is 14.4 Å². The van der Waals surface area contributed by atoms with Gasteiger partial charge < -0.3 is 10.4 Å². The highest BCUT2D eigenvalue weighted by Gasteiger charge is 2.04. The fraction of sp³-hybridized carbons (Fsp3) is 0.273. The lowest BCUT2D eigenvalue weighted by Crippen LogP contribution is -2.40. The third kappa shape index (κ3) is 6.01. The van der Waals surface area contributed by atoms with Crippen LogP contribution >= 0.6 is 0 Å². The largest absolute Gasteiger partial charge is 0.478 e. The van der Waals surface area contributed by atoms with E-state index in [4.69, 9.17) is 5.11 Å². The molecule has 0 aliphatic rings. The molecule has 0 aliphatic carbocycles. The number of hydrogen-bond donors (Lipinski definition) is 3. The van der Waals surface area contributed by atoms with Crippen LogP contribution in [0.5, 0.6) is 0 Å². The van der Waals surface area contributed by atoms with Crippen LogP contribution in [0.15, 0.2) is 24.5 Å². The average Bonchev–Trinajstić information content (AvgIpc) is 2.72. The molecule has 102 valence electrons. The minimum absolute atomic E-state index is 0.295. The van der Waals surface area contributed by atoms with E-state index >= 15 is 0 Å². The fourth-order valence-corrected chi connectivity index (χ4v) is 1.22. The van der Waals surface area contributed by atoms with Gasteiger partial charge in [-0.25, -0.2) is 9.59 Å². The summed E-state index contributed by atoms with van der Waals surface area (Å²) in [5.41, 5.74) is 1.01. The molecule has 1 aromatic rings. The molecular formula is C11H14N4O4. The van der Waals surface area contributed by atoms with Crippen LogP contribution in [0.1, 0.15) is 5.56 Å². The molecule has 0 aromatic carbocycles. The number of carboxylic acids is 1. The maximum atomic E-state index is 11.2. The summed E-state index contributed by atoms with van der Waals surface area (Å²) in [6, 6.07) is -0.691. The Morgan fingerprint density at radius 1 is 1.42 bits per heavy atom. The minimum atomic E-state index is -1.26. The molecular weight excluding hydrogens is 252 g/mol. The Kier molecular flexibility index (Phi) is 5.27. The van der Waals surface area contributed by atoms with Crippen molar-refractivity contribution in [1.82, 2.24) is 20.4 Å². The van der Waals surface area contributed by atoms with Gasteiger partial charge in [-0.3, -0.25) is 14.8 Å². The predicted octanol–water partition coefficient (Wildman–Crippen LogP) is -0.342. The Labute approximate surface area is 109 Å². The second-order valence-corrected chi connectivity index (χ2v) is 3.70. The van der Waals surface area contributed by atoms with E-state index < -0.39 is 17.9 Å². The van der Waals surface area contributed by atoms with Crippen LogP contribution in [0.4, 0.5) is 4.79 Å². The smallest absolute Gasteiger partial charge is 0.328 e. The number of carbonyl (C=O) groups is 3. The first kappa shape index (κ1) is 14.4.